The fraction of sp³-hybridized carbons (Fsp3) is 0.393. The Balaban J connectivity index is 1.63. The van der Waals surface area contributed by atoms with Crippen LogP contribution >= 0.6 is 11.6 Å². The van der Waals surface area contributed by atoms with E-state index in [1.54, 1.807) is 0 Å². The number of rotatable bonds is 5. The lowest BCUT2D eigenvalue weighted by Gasteiger charge is -2.37. The van der Waals surface area contributed by atoms with Gasteiger partial charge in [0.1, 0.15) is 5.82 Å². The number of aromatic nitrogens is 2. The molecule has 0 aliphatic carbocycles. The molecule has 0 N–H and O–H groups in total. The topological polar surface area (TPSA) is 49.3 Å². The Morgan fingerprint density at radius 2 is 1.59 bits per heavy atom. The van der Waals surface area contributed by atoms with Gasteiger partial charge >= 0.3 is 0 Å². The van der Waals surface area contributed by atoms with E-state index in [2.05, 4.69) is 44.7 Å². The van der Waals surface area contributed by atoms with Crippen molar-refractivity contribution in [3.63, 3.8) is 0 Å². The molecule has 1 saturated heterocycles. The minimum absolute atomic E-state index is 0.00564. The molecular formula is C28H33ClN4O. The van der Waals surface area contributed by atoms with E-state index >= 15 is 0 Å². The number of amides is 1. The molecule has 0 saturated carbocycles. The molecule has 0 atom stereocenters. The lowest BCUT2D eigenvalue weighted by Crippen LogP contribution is -2.50. The van der Waals surface area contributed by atoms with Crippen molar-refractivity contribution in [3.05, 3.63) is 76.4 Å². The molecule has 3 aromatic rings. The van der Waals surface area contributed by atoms with E-state index in [0.717, 1.165) is 53.0 Å². The molecule has 0 radical (unpaired) electrons. The number of hydrogen-bond acceptors (Lipinski definition) is 4. The summed E-state index contributed by atoms with van der Waals surface area (Å²) in [4.78, 5) is 27.0. The van der Waals surface area contributed by atoms with Gasteiger partial charge in [-0.1, -0.05) is 74.8 Å². The number of carbonyl (C=O) groups excluding carboxylic acids is 1. The highest BCUT2D eigenvalue weighted by Crippen LogP contribution is 2.29. The monoisotopic (exact) mass is 476 g/mol. The van der Waals surface area contributed by atoms with E-state index in [0.29, 0.717) is 19.5 Å². The molecule has 1 fully saturated rings. The van der Waals surface area contributed by atoms with Gasteiger partial charge < -0.3 is 9.80 Å². The number of aryl methyl sites for hydroxylation is 1. The average molecular weight is 477 g/mol. The number of benzene rings is 2. The van der Waals surface area contributed by atoms with Crippen LogP contribution in [0.25, 0.3) is 11.4 Å². The number of halogens is 1. The van der Waals surface area contributed by atoms with Crippen molar-refractivity contribution < 1.29 is 4.79 Å². The van der Waals surface area contributed by atoms with Crippen molar-refractivity contribution in [1.82, 2.24) is 14.9 Å². The third-order valence-electron chi connectivity index (χ3n) is 6.13. The summed E-state index contributed by atoms with van der Waals surface area (Å²) in [5.41, 5.74) is 4.27. The highest BCUT2D eigenvalue weighted by molar-refractivity contribution is 6.30. The standard InChI is InChI=1S/C28H33ClN4O/c1-20-24(18-21-10-12-23(29)13-11-21)27(31-26(30-20)22-8-6-5-7-9-22)33-16-14-32(15-17-33)25(34)19-28(2,3)4/h5-13H,14-19H2,1-4H3. The molecule has 0 bridgehead atoms. The summed E-state index contributed by atoms with van der Waals surface area (Å²) in [5.74, 6) is 1.93. The van der Waals surface area contributed by atoms with Gasteiger partial charge in [0, 0.05) is 60.9 Å². The Morgan fingerprint density at radius 3 is 2.21 bits per heavy atom. The average Bonchev–Trinajstić information content (AvgIpc) is 2.81. The van der Waals surface area contributed by atoms with E-state index < -0.39 is 0 Å². The van der Waals surface area contributed by atoms with Gasteiger partial charge in [-0.2, -0.15) is 0 Å². The minimum atomic E-state index is -0.00564. The van der Waals surface area contributed by atoms with E-state index in [1.807, 2.05) is 47.4 Å². The molecule has 0 unspecified atom stereocenters. The van der Waals surface area contributed by atoms with Crippen LogP contribution < -0.4 is 4.90 Å². The predicted molar refractivity (Wildman–Crippen MR) is 139 cm³/mol. The highest BCUT2D eigenvalue weighted by atomic mass is 35.5. The minimum Gasteiger partial charge on any atom is -0.353 e. The predicted octanol–water partition coefficient (Wildman–Crippen LogP) is 5.78. The van der Waals surface area contributed by atoms with Gasteiger partial charge in [-0.15, -0.1) is 0 Å². The van der Waals surface area contributed by atoms with Gasteiger partial charge in [0.05, 0.1) is 0 Å². The van der Waals surface area contributed by atoms with Crippen LogP contribution in [0.1, 0.15) is 44.0 Å². The van der Waals surface area contributed by atoms with Gasteiger partial charge in [-0.3, -0.25) is 4.79 Å². The number of piperazine rings is 1. The zero-order valence-corrected chi connectivity index (χ0v) is 21.3. The molecule has 2 aromatic carbocycles. The number of anilines is 1. The van der Waals surface area contributed by atoms with E-state index in [4.69, 9.17) is 21.6 Å². The second kappa shape index (κ2) is 10.1. The number of nitrogens with zero attached hydrogens (tertiary/aromatic N) is 4. The molecule has 1 aliphatic heterocycles. The van der Waals surface area contributed by atoms with Gasteiger partial charge in [-0.25, -0.2) is 9.97 Å². The van der Waals surface area contributed by atoms with Crippen molar-refractivity contribution in [3.8, 4) is 11.4 Å². The molecule has 5 nitrogen and oxygen atoms in total. The van der Waals surface area contributed by atoms with Crippen LogP contribution in [0.15, 0.2) is 54.6 Å². The van der Waals surface area contributed by atoms with Crippen LogP contribution in [0.4, 0.5) is 5.82 Å². The second-order valence-corrected chi connectivity index (χ2v) is 10.6. The molecule has 1 aromatic heterocycles. The third kappa shape index (κ3) is 5.95. The molecule has 6 heteroatoms. The Morgan fingerprint density at radius 1 is 0.941 bits per heavy atom. The van der Waals surface area contributed by atoms with Crippen LogP contribution in [-0.4, -0.2) is 47.0 Å². The largest absolute Gasteiger partial charge is 0.353 e. The van der Waals surface area contributed by atoms with E-state index in [-0.39, 0.29) is 11.3 Å². The fourth-order valence-electron chi connectivity index (χ4n) is 4.31. The van der Waals surface area contributed by atoms with E-state index in [1.165, 1.54) is 5.56 Å². The highest BCUT2D eigenvalue weighted by Gasteiger charge is 2.27. The van der Waals surface area contributed by atoms with Crippen LogP contribution in [0, 0.1) is 12.3 Å². The maximum absolute atomic E-state index is 12.8. The zero-order valence-electron chi connectivity index (χ0n) is 20.5. The Kier molecular flexibility index (Phi) is 7.22. The Bertz CT molecular complexity index is 1130. The van der Waals surface area contributed by atoms with E-state index in [9.17, 15) is 4.79 Å². The molecule has 34 heavy (non-hydrogen) atoms. The first-order valence-electron chi connectivity index (χ1n) is 11.9. The van der Waals surface area contributed by atoms with Crippen molar-refractivity contribution in [2.24, 2.45) is 5.41 Å². The van der Waals surface area contributed by atoms with Crippen molar-refractivity contribution in [2.45, 2.75) is 40.5 Å². The van der Waals surface area contributed by atoms with Crippen molar-refractivity contribution in [2.75, 3.05) is 31.1 Å². The zero-order chi connectivity index (χ0) is 24.3. The van der Waals surface area contributed by atoms with Gasteiger partial charge in [0.25, 0.3) is 0 Å². The van der Waals surface area contributed by atoms with Crippen molar-refractivity contribution in [1.29, 1.82) is 0 Å². The van der Waals surface area contributed by atoms with Crippen LogP contribution in [0.5, 0.6) is 0 Å². The lowest BCUT2D eigenvalue weighted by molar-refractivity contribution is -0.133. The summed E-state index contributed by atoms with van der Waals surface area (Å²) in [6.07, 6.45) is 1.30. The fourth-order valence-corrected chi connectivity index (χ4v) is 4.43. The maximum atomic E-state index is 12.8. The van der Waals surface area contributed by atoms with Gasteiger partial charge in [0.15, 0.2) is 5.82 Å². The molecular weight excluding hydrogens is 444 g/mol. The first-order chi connectivity index (χ1) is 16.2. The summed E-state index contributed by atoms with van der Waals surface area (Å²) in [6.45, 7) is 11.3. The quantitative estimate of drug-likeness (QED) is 0.468. The number of carbonyl (C=O) groups is 1. The van der Waals surface area contributed by atoms with Crippen LogP contribution in [0.3, 0.4) is 0 Å². The molecule has 1 aliphatic rings. The molecule has 1 amide bonds. The lowest BCUT2D eigenvalue weighted by atomic mass is 9.91. The number of hydrogen-bond donors (Lipinski definition) is 0. The smallest absolute Gasteiger partial charge is 0.223 e. The van der Waals surface area contributed by atoms with Crippen molar-refractivity contribution >= 4 is 23.3 Å². The second-order valence-electron chi connectivity index (χ2n) is 10.2. The molecule has 178 valence electrons. The normalized spacial score (nSPS) is 14.4. The molecule has 2 heterocycles. The Labute approximate surface area is 207 Å². The first kappa shape index (κ1) is 24.2. The third-order valence-corrected chi connectivity index (χ3v) is 6.38. The van der Waals surface area contributed by atoms with Crippen LogP contribution in [-0.2, 0) is 11.2 Å². The van der Waals surface area contributed by atoms with Gasteiger partial charge in [0.2, 0.25) is 5.91 Å². The van der Waals surface area contributed by atoms with Gasteiger partial charge in [-0.05, 0) is 30.0 Å². The summed E-state index contributed by atoms with van der Waals surface area (Å²) in [5, 5.41) is 0.729. The SMILES string of the molecule is Cc1nc(-c2ccccc2)nc(N2CCN(C(=O)CC(C)(C)C)CC2)c1Cc1ccc(Cl)cc1. The molecule has 0 spiro atoms. The summed E-state index contributed by atoms with van der Waals surface area (Å²) in [7, 11) is 0. The first-order valence-corrected chi connectivity index (χ1v) is 12.3. The molecule has 4 rings (SSSR count). The maximum Gasteiger partial charge on any atom is 0.223 e. The summed E-state index contributed by atoms with van der Waals surface area (Å²) >= 11 is 6.10. The summed E-state index contributed by atoms with van der Waals surface area (Å²) < 4.78 is 0. The van der Waals surface area contributed by atoms with Crippen LogP contribution in [0.2, 0.25) is 5.02 Å². The Hall–Kier alpha value is -2.92. The summed E-state index contributed by atoms with van der Waals surface area (Å²) in [6, 6.07) is 18.1.